The van der Waals surface area contributed by atoms with E-state index in [-0.39, 0.29) is 24.2 Å². The number of piperidine rings is 1. The molecule has 1 atom stereocenters. The summed E-state index contributed by atoms with van der Waals surface area (Å²) in [6.07, 6.45) is 4.93. The Morgan fingerprint density at radius 1 is 1.06 bits per heavy atom. The van der Waals surface area contributed by atoms with Gasteiger partial charge in [-0.3, -0.25) is 19.6 Å². The van der Waals surface area contributed by atoms with Crippen LogP contribution in [0, 0.1) is 12.7 Å². The maximum atomic E-state index is 14.3. The van der Waals surface area contributed by atoms with Crippen molar-refractivity contribution in [1.29, 1.82) is 0 Å². The third-order valence-corrected chi connectivity index (χ3v) is 6.62. The first-order chi connectivity index (χ1) is 16.1. The van der Waals surface area contributed by atoms with Crippen molar-refractivity contribution >= 4 is 11.7 Å². The second-order valence-corrected chi connectivity index (χ2v) is 8.94. The van der Waals surface area contributed by atoms with E-state index in [1.807, 2.05) is 25.3 Å². The molecule has 2 aliphatic rings. The van der Waals surface area contributed by atoms with E-state index in [1.165, 1.54) is 6.07 Å². The number of halogens is 1. The van der Waals surface area contributed by atoms with Gasteiger partial charge in [-0.1, -0.05) is 24.3 Å². The van der Waals surface area contributed by atoms with Gasteiger partial charge in [0, 0.05) is 48.4 Å². The molecule has 2 aromatic heterocycles. The van der Waals surface area contributed by atoms with Crippen molar-refractivity contribution in [2.45, 2.75) is 51.6 Å². The Morgan fingerprint density at radius 2 is 1.91 bits per heavy atom. The lowest BCUT2D eigenvalue weighted by Crippen LogP contribution is -2.38. The van der Waals surface area contributed by atoms with Gasteiger partial charge in [0.2, 0.25) is 5.91 Å². The number of benzene rings is 1. The van der Waals surface area contributed by atoms with Gasteiger partial charge in [0.1, 0.15) is 17.5 Å². The molecule has 33 heavy (non-hydrogen) atoms. The van der Waals surface area contributed by atoms with E-state index in [1.54, 1.807) is 23.1 Å². The average Bonchev–Trinajstić information content (AvgIpc) is 2.83. The number of carbonyl (C=O) groups excluding carboxylic acids is 1. The van der Waals surface area contributed by atoms with E-state index < -0.39 is 0 Å². The molecule has 0 unspecified atom stereocenters. The van der Waals surface area contributed by atoms with E-state index in [4.69, 9.17) is 9.97 Å². The van der Waals surface area contributed by atoms with Crippen molar-refractivity contribution in [2.75, 3.05) is 18.0 Å². The second kappa shape index (κ2) is 9.35. The minimum atomic E-state index is -0.305. The third-order valence-electron chi connectivity index (χ3n) is 6.62. The number of anilines is 1. The summed E-state index contributed by atoms with van der Waals surface area (Å²) in [5, 5.41) is 0. The zero-order chi connectivity index (χ0) is 22.8. The number of hydrogen-bond donors (Lipinski definition) is 0. The van der Waals surface area contributed by atoms with E-state index in [2.05, 4.69) is 16.0 Å². The van der Waals surface area contributed by atoms with Gasteiger partial charge < -0.3 is 0 Å². The molecule has 3 aromatic rings. The molecule has 5 rings (SSSR count). The third kappa shape index (κ3) is 4.64. The van der Waals surface area contributed by atoms with Crippen molar-refractivity contribution < 1.29 is 9.18 Å². The quantitative estimate of drug-likeness (QED) is 0.590. The van der Waals surface area contributed by atoms with Crippen LogP contribution in [-0.4, -0.2) is 38.8 Å². The van der Waals surface area contributed by atoms with E-state index in [0.29, 0.717) is 24.2 Å². The van der Waals surface area contributed by atoms with Crippen LogP contribution in [0.4, 0.5) is 10.2 Å². The zero-order valence-electron chi connectivity index (χ0n) is 18.9. The summed E-state index contributed by atoms with van der Waals surface area (Å²) in [7, 11) is 0. The van der Waals surface area contributed by atoms with Crippen molar-refractivity contribution in [2.24, 2.45) is 0 Å². The highest BCUT2D eigenvalue weighted by atomic mass is 19.1. The molecule has 2 aliphatic heterocycles. The van der Waals surface area contributed by atoms with Gasteiger partial charge in [-0.2, -0.15) is 0 Å². The summed E-state index contributed by atoms with van der Waals surface area (Å²) in [4.78, 5) is 31.2. The van der Waals surface area contributed by atoms with E-state index in [9.17, 15) is 9.18 Å². The summed E-state index contributed by atoms with van der Waals surface area (Å²) in [6, 6.07) is 12.6. The number of aromatic nitrogens is 3. The molecule has 0 bridgehead atoms. The Hall–Kier alpha value is -3.19. The van der Waals surface area contributed by atoms with Gasteiger partial charge in [-0.05, 0) is 50.9 Å². The Kier molecular flexibility index (Phi) is 6.13. The van der Waals surface area contributed by atoms with Crippen LogP contribution >= 0.6 is 0 Å². The highest BCUT2D eigenvalue weighted by molar-refractivity contribution is 5.95. The van der Waals surface area contributed by atoms with Crippen molar-refractivity contribution in [3.63, 3.8) is 0 Å². The Balaban J connectivity index is 1.42. The van der Waals surface area contributed by atoms with Crippen LogP contribution in [0.5, 0.6) is 0 Å². The maximum Gasteiger partial charge on any atom is 0.228 e. The largest absolute Gasteiger partial charge is 0.297 e. The fraction of sp³-hybridized carbons (Fsp3) is 0.385. The molecule has 4 heterocycles. The number of amides is 1. The fourth-order valence-corrected chi connectivity index (χ4v) is 4.88. The van der Waals surface area contributed by atoms with Crippen LogP contribution in [-0.2, 0) is 24.3 Å². The first kappa shape index (κ1) is 21.6. The van der Waals surface area contributed by atoms with Gasteiger partial charge in [-0.25, -0.2) is 14.4 Å². The zero-order valence-corrected chi connectivity index (χ0v) is 18.9. The molecule has 170 valence electrons. The first-order valence-electron chi connectivity index (χ1n) is 11.6. The lowest BCUT2D eigenvalue weighted by Gasteiger charge is -2.34. The minimum absolute atomic E-state index is 0.0183. The van der Waals surface area contributed by atoms with Gasteiger partial charge >= 0.3 is 0 Å². The standard InChI is InChI=1S/C26H28FN5O/c1-18-22-11-12-24(33)32(16-19-7-2-3-10-23(19)27)26(22)30-25(29-18)20-8-6-14-31(15-20)17-21-9-4-5-13-28-21/h2-5,7,9-10,13,20H,6,8,11-12,14-17H2,1H3/t20-/m1/s1. The number of likely N-dealkylation sites (tertiary alicyclic amines) is 1. The monoisotopic (exact) mass is 445 g/mol. The number of pyridine rings is 1. The maximum absolute atomic E-state index is 14.3. The van der Waals surface area contributed by atoms with Crippen molar-refractivity contribution in [1.82, 2.24) is 19.9 Å². The molecule has 0 saturated carbocycles. The van der Waals surface area contributed by atoms with E-state index in [0.717, 1.165) is 55.3 Å². The molecule has 0 radical (unpaired) electrons. The number of nitrogens with zero attached hydrogens (tertiary/aromatic N) is 5. The Labute approximate surface area is 193 Å². The number of fused-ring (bicyclic) bond motifs is 1. The Bertz CT molecular complexity index is 1150. The van der Waals surface area contributed by atoms with Crippen LogP contribution < -0.4 is 4.90 Å². The van der Waals surface area contributed by atoms with Gasteiger partial charge in [0.15, 0.2) is 0 Å². The summed E-state index contributed by atoms with van der Waals surface area (Å²) < 4.78 is 14.3. The predicted octanol–water partition coefficient (Wildman–Crippen LogP) is 4.18. The van der Waals surface area contributed by atoms with Crippen LogP contribution in [0.25, 0.3) is 0 Å². The van der Waals surface area contributed by atoms with Crippen molar-refractivity contribution in [3.8, 4) is 0 Å². The highest BCUT2D eigenvalue weighted by Gasteiger charge is 2.31. The molecule has 0 aliphatic carbocycles. The molecule has 1 amide bonds. The summed E-state index contributed by atoms with van der Waals surface area (Å²) in [5.41, 5.74) is 3.47. The first-order valence-corrected chi connectivity index (χ1v) is 11.6. The molecule has 7 heteroatoms. The topological polar surface area (TPSA) is 62.2 Å². The van der Waals surface area contributed by atoms with Gasteiger partial charge in [0.25, 0.3) is 0 Å². The minimum Gasteiger partial charge on any atom is -0.297 e. The summed E-state index contributed by atoms with van der Waals surface area (Å²) in [6.45, 7) is 4.87. The van der Waals surface area contributed by atoms with Crippen LogP contribution in [0.3, 0.4) is 0 Å². The molecule has 1 aromatic carbocycles. The van der Waals surface area contributed by atoms with Crippen LogP contribution in [0.15, 0.2) is 48.7 Å². The molecule has 0 spiro atoms. The van der Waals surface area contributed by atoms with E-state index >= 15 is 0 Å². The summed E-state index contributed by atoms with van der Waals surface area (Å²) >= 11 is 0. The lowest BCUT2D eigenvalue weighted by molar-refractivity contribution is -0.119. The summed E-state index contributed by atoms with van der Waals surface area (Å²) in [5.74, 6) is 1.30. The smallest absolute Gasteiger partial charge is 0.228 e. The SMILES string of the molecule is Cc1nc([C@@H]2CCCN(Cc3ccccn3)C2)nc2c1CCC(=O)N2Cc1ccccc1F. The number of hydrogen-bond acceptors (Lipinski definition) is 5. The number of carbonyl (C=O) groups is 1. The van der Waals surface area contributed by atoms with Gasteiger partial charge in [-0.15, -0.1) is 0 Å². The molecule has 1 fully saturated rings. The molecule has 1 saturated heterocycles. The Morgan fingerprint density at radius 3 is 2.73 bits per heavy atom. The highest BCUT2D eigenvalue weighted by Crippen LogP contribution is 2.33. The lowest BCUT2D eigenvalue weighted by atomic mass is 9.95. The fourth-order valence-electron chi connectivity index (χ4n) is 4.88. The molecule has 6 nitrogen and oxygen atoms in total. The van der Waals surface area contributed by atoms with Crippen LogP contribution in [0.1, 0.15) is 53.5 Å². The molecule has 0 N–H and O–H groups in total. The molecular weight excluding hydrogens is 417 g/mol. The van der Waals surface area contributed by atoms with Crippen LogP contribution in [0.2, 0.25) is 0 Å². The van der Waals surface area contributed by atoms with Crippen molar-refractivity contribution in [3.05, 3.63) is 82.8 Å². The number of rotatable bonds is 5. The molecular formula is C26H28FN5O. The number of aryl methyl sites for hydroxylation is 1. The second-order valence-electron chi connectivity index (χ2n) is 8.94. The average molecular weight is 446 g/mol. The van der Waals surface area contributed by atoms with Gasteiger partial charge in [0.05, 0.1) is 12.2 Å². The predicted molar refractivity (Wildman–Crippen MR) is 124 cm³/mol. The normalized spacial score (nSPS) is 18.9.